The van der Waals surface area contributed by atoms with E-state index in [1.54, 1.807) is 25.1 Å². The standard InChI is InChI=1S/C19H14F3N7O2/c1-10-17-12(11-4-2-3-5-13(11)31-19(20,21)22)8-16(30)24-18(17)29(26-10)15-7-6-14-25-23-9-28(14)27-15/h2-7,9,12H,8H2,1H3,(H,24,30)/t12-/m1/s1. The highest BCUT2D eigenvalue weighted by Crippen LogP contribution is 2.43. The lowest BCUT2D eigenvalue weighted by Gasteiger charge is -2.26. The number of para-hydroxylation sites is 1. The molecule has 5 rings (SSSR count). The predicted molar refractivity (Wildman–Crippen MR) is 101 cm³/mol. The van der Waals surface area contributed by atoms with Gasteiger partial charge in [-0.1, -0.05) is 18.2 Å². The van der Waals surface area contributed by atoms with E-state index >= 15 is 0 Å². The Bertz CT molecular complexity index is 1310. The molecule has 0 unspecified atom stereocenters. The lowest BCUT2D eigenvalue weighted by atomic mass is 9.85. The van der Waals surface area contributed by atoms with Gasteiger partial charge in [0.2, 0.25) is 5.91 Å². The van der Waals surface area contributed by atoms with Gasteiger partial charge in [0, 0.05) is 23.5 Å². The first-order valence-corrected chi connectivity index (χ1v) is 9.21. The summed E-state index contributed by atoms with van der Waals surface area (Å²) < 4.78 is 45.9. The lowest BCUT2D eigenvalue weighted by molar-refractivity contribution is -0.274. The number of rotatable bonds is 3. The van der Waals surface area contributed by atoms with Crippen molar-refractivity contribution in [1.29, 1.82) is 0 Å². The molecule has 0 bridgehead atoms. The number of fused-ring (bicyclic) bond motifs is 2. The number of aromatic nitrogens is 6. The number of hydrogen-bond acceptors (Lipinski definition) is 6. The summed E-state index contributed by atoms with van der Waals surface area (Å²) in [6.07, 6.45) is -3.48. The molecule has 4 heterocycles. The molecule has 1 amide bonds. The summed E-state index contributed by atoms with van der Waals surface area (Å²) in [5.41, 5.74) is 1.93. The molecular weight excluding hydrogens is 415 g/mol. The first kappa shape index (κ1) is 19.0. The molecule has 9 nitrogen and oxygen atoms in total. The maximum Gasteiger partial charge on any atom is 0.573 e. The molecule has 1 N–H and O–H groups in total. The molecule has 31 heavy (non-hydrogen) atoms. The Morgan fingerprint density at radius 3 is 2.77 bits per heavy atom. The summed E-state index contributed by atoms with van der Waals surface area (Å²) in [5, 5.41) is 19.3. The van der Waals surface area contributed by atoms with Crippen LogP contribution >= 0.6 is 0 Å². The fourth-order valence-corrected chi connectivity index (χ4v) is 3.80. The van der Waals surface area contributed by atoms with Crippen molar-refractivity contribution in [1.82, 2.24) is 29.6 Å². The van der Waals surface area contributed by atoms with Crippen molar-refractivity contribution in [2.75, 3.05) is 5.32 Å². The van der Waals surface area contributed by atoms with Crippen LogP contribution in [0, 0.1) is 6.92 Å². The van der Waals surface area contributed by atoms with Gasteiger partial charge >= 0.3 is 6.36 Å². The molecule has 4 aromatic rings. The Balaban J connectivity index is 1.65. The molecule has 1 aliphatic heterocycles. The topological polar surface area (TPSA) is 99.2 Å². The maximum absolute atomic E-state index is 12.9. The highest BCUT2D eigenvalue weighted by atomic mass is 19.4. The van der Waals surface area contributed by atoms with Gasteiger partial charge in [0.1, 0.15) is 17.9 Å². The van der Waals surface area contributed by atoms with Gasteiger partial charge in [-0.2, -0.15) is 14.3 Å². The van der Waals surface area contributed by atoms with E-state index in [1.165, 1.54) is 33.7 Å². The highest BCUT2D eigenvalue weighted by molar-refractivity contribution is 5.95. The average Bonchev–Trinajstić information content (AvgIpc) is 3.30. The molecule has 12 heteroatoms. The Kier molecular flexibility index (Phi) is 4.17. The third-order valence-corrected chi connectivity index (χ3v) is 4.99. The second-order valence-electron chi connectivity index (χ2n) is 6.98. The largest absolute Gasteiger partial charge is 0.573 e. The van der Waals surface area contributed by atoms with Gasteiger partial charge in [-0.05, 0) is 25.1 Å². The molecule has 0 spiro atoms. The van der Waals surface area contributed by atoms with Crippen LogP contribution in [0.2, 0.25) is 0 Å². The van der Waals surface area contributed by atoms with Crippen LogP contribution in [0.1, 0.15) is 29.2 Å². The van der Waals surface area contributed by atoms with Gasteiger partial charge < -0.3 is 10.1 Å². The van der Waals surface area contributed by atoms with E-state index in [0.29, 0.717) is 28.5 Å². The second-order valence-corrected chi connectivity index (χ2v) is 6.98. The quantitative estimate of drug-likeness (QED) is 0.538. The number of hydrogen-bond donors (Lipinski definition) is 1. The molecule has 0 saturated heterocycles. The fraction of sp³-hybridized carbons (Fsp3) is 0.211. The molecule has 0 fully saturated rings. The van der Waals surface area contributed by atoms with Gasteiger partial charge in [0.05, 0.1) is 5.69 Å². The summed E-state index contributed by atoms with van der Waals surface area (Å²) >= 11 is 0. The summed E-state index contributed by atoms with van der Waals surface area (Å²) in [4.78, 5) is 12.5. The van der Waals surface area contributed by atoms with Crippen molar-refractivity contribution in [3.05, 3.63) is 59.5 Å². The van der Waals surface area contributed by atoms with Gasteiger partial charge in [0.25, 0.3) is 0 Å². The van der Waals surface area contributed by atoms with E-state index < -0.39 is 12.3 Å². The SMILES string of the molecule is Cc1nn(-c2ccc3nncn3n2)c2c1[C@@H](c1ccccc1OC(F)(F)F)CC(=O)N2. The van der Waals surface area contributed by atoms with Gasteiger partial charge in [-0.3, -0.25) is 4.79 Å². The van der Waals surface area contributed by atoms with Crippen LogP contribution in [-0.4, -0.2) is 41.9 Å². The number of nitrogens with one attached hydrogen (secondary N) is 1. The molecule has 0 radical (unpaired) electrons. The number of aryl methyl sites for hydroxylation is 1. The van der Waals surface area contributed by atoms with Crippen LogP contribution in [0.3, 0.4) is 0 Å². The number of benzene rings is 1. The second kappa shape index (κ2) is 6.79. The predicted octanol–water partition coefficient (Wildman–Crippen LogP) is 2.99. The molecule has 1 aliphatic rings. The van der Waals surface area contributed by atoms with E-state index in [1.807, 2.05) is 0 Å². The monoisotopic (exact) mass is 429 g/mol. The van der Waals surface area contributed by atoms with Crippen molar-refractivity contribution in [2.24, 2.45) is 0 Å². The van der Waals surface area contributed by atoms with E-state index in [4.69, 9.17) is 0 Å². The number of alkyl halides is 3. The lowest BCUT2D eigenvalue weighted by Crippen LogP contribution is -2.26. The fourth-order valence-electron chi connectivity index (χ4n) is 3.80. The normalized spacial score (nSPS) is 16.3. The Morgan fingerprint density at radius 1 is 1.16 bits per heavy atom. The minimum absolute atomic E-state index is 0.0460. The summed E-state index contributed by atoms with van der Waals surface area (Å²) in [6.45, 7) is 1.73. The molecule has 0 aliphatic carbocycles. The summed E-state index contributed by atoms with van der Waals surface area (Å²) in [6, 6.07) is 9.15. The minimum atomic E-state index is -4.85. The van der Waals surface area contributed by atoms with Gasteiger partial charge in [0.15, 0.2) is 11.5 Å². The number of carbonyl (C=O) groups is 1. The smallest absolute Gasteiger partial charge is 0.405 e. The van der Waals surface area contributed by atoms with Crippen LogP contribution in [-0.2, 0) is 4.79 Å². The zero-order chi connectivity index (χ0) is 21.8. The third-order valence-electron chi connectivity index (χ3n) is 4.99. The molecule has 1 atom stereocenters. The van der Waals surface area contributed by atoms with Crippen LogP contribution in [0.25, 0.3) is 11.5 Å². The summed E-state index contributed by atoms with van der Waals surface area (Å²) in [5.74, 6) is -0.643. The Morgan fingerprint density at radius 2 is 1.97 bits per heavy atom. The van der Waals surface area contributed by atoms with Crippen molar-refractivity contribution < 1.29 is 22.7 Å². The molecule has 158 valence electrons. The number of ether oxygens (including phenoxy) is 1. The molecule has 3 aromatic heterocycles. The van der Waals surface area contributed by atoms with Crippen molar-refractivity contribution >= 4 is 17.4 Å². The van der Waals surface area contributed by atoms with Crippen molar-refractivity contribution in [2.45, 2.75) is 25.6 Å². The third kappa shape index (κ3) is 3.35. The van der Waals surface area contributed by atoms with Crippen LogP contribution in [0.5, 0.6) is 5.75 Å². The van der Waals surface area contributed by atoms with Gasteiger partial charge in [-0.15, -0.1) is 28.5 Å². The van der Waals surface area contributed by atoms with Crippen LogP contribution < -0.4 is 10.1 Å². The number of halogens is 3. The zero-order valence-corrected chi connectivity index (χ0v) is 16.0. The number of nitrogens with zero attached hydrogens (tertiary/aromatic N) is 6. The molecule has 0 saturated carbocycles. The summed E-state index contributed by atoms with van der Waals surface area (Å²) in [7, 11) is 0. The first-order valence-electron chi connectivity index (χ1n) is 9.21. The molecule has 1 aromatic carbocycles. The van der Waals surface area contributed by atoms with E-state index in [9.17, 15) is 18.0 Å². The Hall–Kier alpha value is -3.96. The van der Waals surface area contributed by atoms with E-state index in [0.717, 1.165) is 0 Å². The highest BCUT2D eigenvalue weighted by Gasteiger charge is 2.37. The number of carbonyl (C=O) groups excluding carboxylic acids is 1. The van der Waals surface area contributed by atoms with Crippen molar-refractivity contribution in [3.8, 4) is 11.6 Å². The van der Waals surface area contributed by atoms with Crippen LogP contribution in [0.4, 0.5) is 19.0 Å². The van der Waals surface area contributed by atoms with Crippen LogP contribution in [0.15, 0.2) is 42.7 Å². The zero-order valence-electron chi connectivity index (χ0n) is 16.0. The Labute approximate surface area is 172 Å². The van der Waals surface area contributed by atoms with E-state index in [2.05, 4.69) is 30.4 Å². The number of amides is 1. The number of anilines is 1. The van der Waals surface area contributed by atoms with Gasteiger partial charge in [-0.25, -0.2) is 0 Å². The van der Waals surface area contributed by atoms with E-state index in [-0.39, 0.29) is 23.6 Å². The minimum Gasteiger partial charge on any atom is -0.405 e. The molecular formula is C19H14F3N7O2. The van der Waals surface area contributed by atoms with Crippen molar-refractivity contribution in [3.63, 3.8) is 0 Å². The first-order chi connectivity index (χ1) is 14.8. The average molecular weight is 429 g/mol. The maximum atomic E-state index is 12.9.